The van der Waals surface area contributed by atoms with Crippen LogP contribution >= 0.6 is 0 Å². The number of nitrogens with zero attached hydrogens (tertiary/aromatic N) is 2. The van der Waals surface area contributed by atoms with Gasteiger partial charge in [-0.3, -0.25) is 0 Å². The van der Waals surface area contributed by atoms with E-state index in [9.17, 15) is 0 Å². The first-order valence-electron chi connectivity index (χ1n) is 7.19. The average molecular weight is 286 g/mol. The van der Waals surface area contributed by atoms with Crippen molar-refractivity contribution in [3.05, 3.63) is 47.8 Å². The number of hydrogen-bond acceptors (Lipinski definition) is 5. The van der Waals surface area contributed by atoms with E-state index in [1.807, 2.05) is 32.0 Å². The molecule has 0 spiro atoms. The van der Waals surface area contributed by atoms with Crippen molar-refractivity contribution in [2.45, 2.75) is 26.3 Å². The van der Waals surface area contributed by atoms with Crippen molar-refractivity contribution in [3.8, 4) is 5.88 Å². The summed E-state index contributed by atoms with van der Waals surface area (Å²) in [4.78, 5) is 8.43. The van der Waals surface area contributed by atoms with Crippen molar-refractivity contribution < 1.29 is 4.74 Å². The Hall–Kier alpha value is -2.14. The Balaban J connectivity index is 2.10. The largest absolute Gasteiger partial charge is 0.478 e. The van der Waals surface area contributed by atoms with E-state index >= 15 is 0 Å². The summed E-state index contributed by atoms with van der Waals surface area (Å²) in [6, 6.07) is 10.4. The molecule has 2 rings (SSSR count). The van der Waals surface area contributed by atoms with Crippen LogP contribution in [-0.4, -0.2) is 29.2 Å². The Morgan fingerprint density at radius 1 is 1.24 bits per heavy atom. The van der Waals surface area contributed by atoms with Crippen LogP contribution in [0.1, 0.15) is 18.1 Å². The number of ether oxygens (including phenoxy) is 1. The van der Waals surface area contributed by atoms with E-state index in [1.54, 1.807) is 0 Å². The van der Waals surface area contributed by atoms with Gasteiger partial charge in [0, 0.05) is 12.6 Å². The Bertz CT molecular complexity index is 559. The third-order valence-corrected chi connectivity index (χ3v) is 3.27. The minimum atomic E-state index is 0.121. The third kappa shape index (κ3) is 4.16. The van der Waals surface area contributed by atoms with E-state index in [0.29, 0.717) is 19.0 Å². The number of rotatable bonds is 7. The van der Waals surface area contributed by atoms with Crippen molar-refractivity contribution in [1.82, 2.24) is 9.97 Å². The van der Waals surface area contributed by atoms with Gasteiger partial charge in [0.1, 0.15) is 12.1 Å². The Morgan fingerprint density at radius 3 is 2.67 bits per heavy atom. The number of nitrogens with two attached hydrogens (primary N) is 1. The van der Waals surface area contributed by atoms with Gasteiger partial charge in [0.05, 0.1) is 12.2 Å². The normalized spacial score (nSPS) is 12.0. The van der Waals surface area contributed by atoms with Gasteiger partial charge in [-0.2, -0.15) is 0 Å². The van der Waals surface area contributed by atoms with Crippen LogP contribution in [0.5, 0.6) is 5.88 Å². The van der Waals surface area contributed by atoms with E-state index in [0.717, 1.165) is 17.8 Å². The van der Waals surface area contributed by atoms with Crippen molar-refractivity contribution in [3.63, 3.8) is 0 Å². The highest BCUT2D eigenvalue weighted by atomic mass is 16.5. The molecule has 0 aliphatic heterocycles. The quantitative estimate of drug-likeness (QED) is 0.816. The second-order valence-electron chi connectivity index (χ2n) is 4.85. The fraction of sp³-hybridized carbons (Fsp3) is 0.375. The highest BCUT2D eigenvalue weighted by molar-refractivity contribution is 5.48. The molecule has 0 fully saturated rings. The second kappa shape index (κ2) is 7.59. The number of hydrogen-bond donors (Lipinski definition) is 2. The fourth-order valence-electron chi connectivity index (χ4n) is 2.15. The van der Waals surface area contributed by atoms with Gasteiger partial charge >= 0.3 is 0 Å². The maximum Gasteiger partial charge on any atom is 0.221 e. The van der Waals surface area contributed by atoms with Crippen LogP contribution < -0.4 is 15.8 Å². The van der Waals surface area contributed by atoms with Crippen LogP contribution in [0.2, 0.25) is 0 Å². The average Bonchev–Trinajstić information content (AvgIpc) is 2.51. The summed E-state index contributed by atoms with van der Waals surface area (Å²) in [5.41, 5.74) is 8.03. The molecule has 112 valence electrons. The molecule has 1 atom stereocenters. The minimum Gasteiger partial charge on any atom is -0.478 e. The summed E-state index contributed by atoms with van der Waals surface area (Å²) in [6.45, 7) is 5.00. The fourth-order valence-corrected chi connectivity index (χ4v) is 2.15. The molecular formula is C16H22N4O. The lowest BCUT2D eigenvalue weighted by molar-refractivity contribution is 0.324. The van der Waals surface area contributed by atoms with Crippen molar-refractivity contribution in [1.29, 1.82) is 0 Å². The molecule has 0 radical (unpaired) electrons. The lowest BCUT2D eigenvalue weighted by Gasteiger charge is -2.19. The number of anilines is 1. The highest BCUT2D eigenvalue weighted by Crippen LogP contribution is 2.21. The molecule has 1 aromatic carbocycles. The smallest absolute Gasteiger partial charge is 0.221 e. The summed E-state index contributed by atoms with van der Waals surface area (Å²) in [5, 5.41) is 3.39. The van der Waals surface area contributed by atoms with Gasteiger partial charge in [-0.15, -0.1) is 0 Å². The summed E-state index contributed by atoms with van der Waals surface area (Å²) in [7, 11) is 0. The zero-order valence-corrected chi connectivity index (χ0v) is 12.5. The molecule has 0 aliphatic rings. The highest BCUT2D eigenvalue weighted by Gasteiger charge is 2.13. The summed E-state index contributed by atoms with van der Waals surface area (Å²) >= 11 is 0. The molecule has 3 N–H and O–H groups in total. The standard InChI is InChI=1S/C16H22N4O/c1-3-21-16-12(2)15(18-11-19-16)20-14(10-17)9-13-7-5-4-6-8-13/h4-8,11,14H,3,9-10,17H2,1-2H3,(H,18,19,20). The van der Waals surface area contributed by atoms with E-state index in [2.05, 4.69) is 27.4 Å². The van der Waals surface area contributed by atoms with Gasteiger partial charge in [0.2, 0.25) is 5.88 Å². The lowest BCUT2D eigenvalue weighted by Crippen LogP contribution is -2.31. The Labute approximate surface area is 125 Å². The van der Waals surface area contributed by atoms with Gasteiger partial charge in [-0.1, -0.05) is 30.3 Å². The SMILES string of the molecule is CCOc1ncnc(NC(CN)Cc2ccccc2)c1C. The first-order chi connectivity index (χ1) is 10.2. The third-order valence-electron chi connectivity index (χ3n) is 3.27. The summed E-state index contributed by atoms with van der Waals surface area (Å²) in [5.74, 6) is 1.39. The van der Waals surface area contributed by atoms with Crippen LogP contribution in [0, 0.1) is 6.92 Å². The molecule has 0 bridgehead atoms. The maximum atomic E-state index is 5.88. The van der Waals surface area contributed by atoms with E-state index in [1.165, 1.54) is 11.9 Å². The zero-order chi connectivity index (χ0) is 15.1. The van der Waals surface area contributed by atoms with Gasteiger partial charge in [0.25, 0.3) is 0 Å². The topological polar surface area (TPSA) is 73.1 Å². The molecule has 1 unspecified atom stereocenters. The molecule has 1 heterocycles. The molecule has 0 saturated carbocycles. The van der Waals surface area contributed by atoms with Gasteiger partial charge in [-0.25, -0.2) is 9.97 Å². The zero-order valence-electron chi connectivity index (χ0n) is 12.5. The summed E-state index contributed by atoms with van der Waals surface area (Å²) < 4.78 is 5.49. The van der Waals surface area contributed by atoms with Crippen molar-refractivity contribution >= 4 is 5.82 Å². The van der Waals surface area contributed by atoms with Crippen molar-refractivity contribution in [2.24, 2.45) is 5.73 Å². The molecular weight excluding hydrogens is 264 g/mol. The van der Waals surface area contributed by atoms with E-state index in [-0.39, 0.29) is 6.04 Å². The number of nitrogens with one attached hydrogen (secondary N) is 1. The molecule has 5 nitrogen and oxygen atoms in total. The van der Waals surface area contributed by atoms with Gasteiger partial charge in [-0.05, 0) is 25.8 Å². The molecule has 0 saturated heterocycles. The predicted molar refractivity (Wildman–Crippen MR) is 84.5 cm³/mol. The monoisotopic (exact) mass is 286 g/mol. The van der Waals surface area contributed by atoms with Crippen LogP contribution in [0.25, 0.3) is 0 Å². The van der Waals surface area contributed by atoms with Crippen molar-refractivity contribution in [2.75, 3.05) is 18.5 Å². The first-order valence-corrected chi connectivity index (χ1v) is 7.19. The Kier molecular flexibility index (Phi) is 5.51. The van der Waals surface area contributed by atoms with Crippen LogP contribution in [-0.2, 0) is 6.42 Å². The Morgan fingerprint density at radius 2 is 2.00 bits per heavy atom. The first kappa shape index (κ1) is 15.3. The molecule has 1 aromatic heterocycles. The van der Waals surface area contributed by atoms with Crippen LogP contribution in [0.3, 0.4) is 0 Å². The number of benzene rings is 1. The molecule has 21 heavy (non-hydrogen) atoms. The molecule has 0 aliphatic carbocycles. The lowest BCUT2D eigenvalue weighted by atomic mass is 10.1. The van der Waals surface area contributed by atoms with Gasteiger partial charge in [0.15, 0.2) is 0 Å². The van der Waals surface area contributed by atoms with Gasteiger partial charge < -0.3 is 15.8 Å². The molecule has 2 aromatic rings. The predicted octanol–water partition coefficient (Wildman–Crippen LogP) is 2.17. The second-order valence-corrected chi connectivity index (χ2v) is 4.85. The minimum absolute atomic E-state index is 0.121. The molecule has 0 amide bonds. The van der Waals surface area contributed by atoms with Crippen LogP contribution in [0.15, 0.2) is 36.7 Å². The maximum absolute atomic E-state index is 5.88. The van der Waals surface area contributed by atoms with Crippen LogP contribution in [0.4, 0.5) is 5.82 Å². The van der Waals surface area contributed by atoms with E-state index < -0.39 is 0 Å². The summed E-state index contributed by atoms with van der Waals surface area (Å²) in [6.07, 6.45) is 2.36. The number of aromatic nitrogens is 2. The molecule has 5 heteroatoms. The van der Waals surface area contributed by atoms with E-state index in [4.69, 9.17) is 10.5 Å².